The molecule has 0 spiro atoms. The van der Waals surface area contributed by atoms with Crippen LogP contribution >= 0.6 is 11.8 Å². The molecule has 2 nitrogen and oxygen atoms in total. The molecule has 0 radical (unpaired) electrons. The molecule has 1 N–H and O–H groups in total. The van der Waals surface area contributed by atoms with Gasteiger partial charge in [0.25, 0.3) is 0 Å². The van der Waals surface area contributed by atoms with E-state index in [9.17, 15) is 61.3 Å². The molecule has 17 heteroatoms. The van der Waals surface area contributed by atoms with Gasteiger partial charge in [-0.2, -0.15) is 48.3 Å². The Labute approximate surface area is 152 Å². The van der Waals surface area contributed by atoms with Crippen molar-refractivity contribution in [2.75, 3.05) is 0 Å². The van der Waals surface area contributed by atoms with E-state index < -0.39 is 85.6 Å². The minimum Gasteiger partial charge on any atom is -0.301 e. The molecule has 0 aromatic heterocycles. The van der Waals surface area contributed by atoms with E-state index in [2.05, 4.69) is 0 Å². The first kappa shape index (κ1) is 24.8. The Kier molecular flexibility index (Phi) is 6.40. The van der Waals surface area contributed by atoms with Crippen molar-refractivity contribution in [3.05, 3.63) is 29.3 Å². The summed E-state index contributed by atoms with van der Waals surface area (Å²) in [7, 11) is 0. The van der Waals surface area contributed by atoms with Crippen LogP contribution in [0, 0.1) is 11.6 Å². The highest BCUT2D eigenvalue weighted by molar-refractivity contribution is 8.01. The molecule has 1 aromatic rings. The minimum absolute atomic E-state index is 0.764. The monoisotopic (exact) mass is 478 g/mol. The standard InChI is InChI=1S/C11H3F13O2S2/c12-4-2-6(27-10(21,22)11(23,24)28(25)26)5(13)1-3(4)7(14,15)8(16,17)9(18,19)20/h1-2H,(H,25,26). The lowest BCUT2D eigenvalue weighted by atomic mass is 10.0. The molecule has 0 aliphatic heterocycles. The summed E-state index contributed by atoms with van der Waals surface area (Å²) in [4.78, 5) is -1.94. The van der Waals surface area contributed by atoms with Crippen LogP contribution in [-0.4, -0.2) is 31.4 Å². The van der Waals surface area contributed by atoms with Crippen LogP contribution < -0.4 is 0 Å². The van der Waals surface area contributed by atoms with Crippen molar-refractivity contribution >= 4 is 22.8 Å². The predicted molar refractivity (Wildman–Crippen MR) is 67.8 cm³/mol. The van der Waals surface area contributed by atoms with Crippen LogP contribution in [0.15, 0.2) is 17.0 Å². The van der Waals surface area contributed by atoms with Gasteiger partial charge in [-0.25, -0.2) is 13.0 Å². The molecule has 0 fully saturated rings. The Morgan fingerprint density at radius 3 is 1.68 bits per heavy atom. The second-order valence-corrected chi connectivity index (χ2v) is 6.96. The summed E-state index contributed by atoms with van der Waals surface area (Å²) in [5, 5.41) is -11.4. The molecule has 162 valence electrons. The maximum absolute atomic E-state index is 13.6. The fourth-order valence-corrected chi connectivity index (χ4v) is 2.75. The van der Waals surface area contributed by atoms with Crippen molar-refractivity contribution in [3.8, 4) is 0 Å². The number of rotatable bonds is 6. The SMILES string of the molecule is O=S(O)C(F)(F)C(F)(F)Sc1cc(F)c(C(F)(F)C(F)(F)C(F)(F)F)cc1F. The fraction of sp³-hybridized carbons (Fsp3) is 0.455. The number of hydrogen-bond donors (Lipinski definition) is 1. The van der Waals surface area contributed by atoms with Crippen LogP contribution in [0.4, 0.5) is 57.1 Å². The van der Waals surface area contributed by atoms with Crippen molar-refractivity contribution < 1.29 is 65.8 Å². The predicted octanol–water partition coefficient (Wildman–Crippen LogP) is 5.75. The molecule has 1 atom stereocenters. The van der Waals surface area contributed by atoms with Crippen LogP contribution in [0.25, 0.3) is 0 Å². The van der Waals surface area contributed by atoms with Crippen LogP contribution in [0.3, 0.4) is 0 Å². The average Bonchev–Trinajstić information content (AvgIpc) is 2.48. The third-order valence-electron chi connectivity index (χ3n) is 2.91. The van der Waals surface area contributed by atoms with E-state index in [1.165, 1.54) is 0 Å². The second-order valence-electron chi connectivity index (χ2n) is 4.79. The summed E-state index contributed by atoms with van der Waals surface area (Å²) in [6, 6.07) is -1.78. The Morgan fingerprint density at radius 1 is 0.821 bits per heavy atom. The molecule has 1 aromatic carbocycles. The maximum Gasteiger partial charge on any atom is 0.460 e. The lowest BCUT2D eigenvalue weighted by Crippen LogP contribution is -2.50. The normalized spacial score (nSPS) is 15.6. The van der Waals surface area contributed by atoms with Crippen molar-refractivity contribution in [2.24, 2.45) is 0 Å². The largest absolute Gasteiger partial charge is 0.460 e. The fourth-order valence-electron chi connectivity index (χ4n) is 1.49. The number of thioether (sulfide) groups is 1. The van der Waals surface area contributed by atoms with Gasteiger partial charge in [0.05, 0.1) is 10.5 Å². The van der Waals surface area contributed by atoms with Gasteiger partial charge >= 0.3 is 28.5 Å². The summed E-state index contributed by atoms with van der Waals surface area (Å²) in [5.74, 6) is -18.6. The summed E-state index contributed by atoms with van der Waals surface area (Å²) in [6.45, 7) is 0. The molecule has 0 amide bonds. The van der Waals surface area contributed by atoms with E-state index >= 15 is 0 Å². The molecule has 0 saturated heterocycles. The molecule has 28 heavy (non-hydrogen) atoms. The molecule has 0 saturated carbocycles. The molecule has 0 bridgehead atoms. The molecule has 0 aliphatic carbocycles. The van der Waals surface area contributed by atoms with E-state index in [4.69, 9.17) is 4.55 Å². The summed E-state index contributed by atoms with van der Waals surface area (Å²) < 4.78 is 187. The number of benzene rings is 1. The maximum atomic E-state index is 13.6. The minimum atomic E-state index is -6.92. The van der Waals surface area contributed by atoms with Gasteiger partial charge in [0.1, 0.15) is 11.6 Å². The van der Waals surface area contributed by atoms with Crippen molar-refractivity contribution in [2.45, 2.75) is 33.4 Å². The van der Waals surface area contributed by atoms with Gasteiger partial charge in [0.2, 0.25) is 11.1 Å². The lowest BCUT2D eigenvalue weighted by Gasteiger charge is -2.29. The second kappa shape index (κ2) is 7.23. The van der Waals surface area contributed by atoms with Crippen molar-refractivity contribution in [1.29, 1.82) is 0 Å². The van der Waals surface area contributed by atoms with Crippen LogP contribution in [-0.2, 0) is 17.0 Å². The van der Waals surface area contributed by atoms with Gasteiger partial charge < -0.3 is 4.55 Å². The first-order valence-corrected chi connectivity index (χ1v) is 8.00. The first-order chi connectivity index (χ1) is 12.2. The van der Waals surface area contributed by atoms with Gasteiger partial charge in [-0.15, -0.1) is 0 Å². The van der Waals surface area contributed by atoms with E-state index in [0.717, 1.165) is 0 Å². The van der Waals surface area contributed by atoms with Gasteiger partial charge in [0, 0.05) is 0 Å². The third kappa shape index (κ3) is 4.05. The zero-order valence-electron chi connectivity index (χ0n) is 12.2. The smallest absolute Gasteiger partial charge is 0.301 e. The summed E-state index contributed by atoms with van der Waals surface area (Å²) >= 11 is -6.19. The number of halogens is 13. The summed E-state index contributed by atoms with van der Waals surface area (Å²) in [5.41, 5.74) is -2.89. The quantitative estimate of drug-likeness (QED) is 0.321. The van der Waals surface area contributed by atoms with E-state index in [0.29, 0.717) is 0 Å². The molecular weight excluding hydrogens is 475 g/mol. The van der Waals surface area contributed by atoms with Crippen LogP contribution in [0.2, 0.25) is 0 Å². The van der Waals surface area contributed by atoms with Crippen molar-refractivity contribution in [3.63, 3.8) is 0 Å². The summed E-state index contributed by atoms with van der Waals surface area (Å²) in [6.07, 6.45) is -6.92. The molecular formula is C11H3F13O2S2. The van der Waals surface area contributed by atoms with Gasteiger partial charge in [0.15, 0.2) is 0 Å². The highest BCUT2D eigenvalue weighted by Crippen LogP contribution is 2.54. The zero-order chi connectivity index (χ0) is 22.5. The van der Waals surface area contributed by atoms with Gasteiger partial charge in [-0.1, -0.05) is 0 Å². The highest BCUT2D eigenvalue weighted by Gasteiger charge is 2.74. The van der Waals surface area contributed by atoms with E-state index in [1.54, 1.807) is 0 Å². The Bertz CT molecular complexity index is 774. The average molecular weight is 478 g/mol. The molecule has 0 aliphatic rings. The first-order valence-electron chi connectivity index (χ1n) is 6.07. The van der Waals surface area contributed by atoms with Gasteiger partial charge in [-0.3, -0.25) is 0 Å². The number of alkyl halides is 11. The Balaban J connectivity index is 3.46. The lowest BCUT2D eigenvalue weighted by molar-refractivity contribution is -0.360. The molecule has 0 heterocycles. The highest BCUT2D eigenvalue weighted by atomic mass is 32.2. The molecule has 1 rings (SSSR count). The Morgan fingerprint density at radius 2 is 1.29 bits per heavy atom. The number of hydrogen-bond acceptors (Lipinski definition) is 2. The Hall–Kier alpha value is -1.23. The van der Waals surface area contributed by atoms with Crippen molar-refractivity contribution in [1.82, 2.24) is 0 Å². The third-order valence-corrected chi connectivity index (χ3v) is 4.78. The van der Waals surface area contributed by atoms with Crippen LogP contribution in [0.1, 0.15) is 5.56 Å². The zero-order valence-corrected chi connectivity index (χ0v) is 13.9. The van der Waals surface area contributed by atoms with E-state index in [1.807, 2.05) is 0 Å². The topological polar surface area (TPSA) is 37.3 Å². The van der Waals surface area contributed by atoms with Gasteiger partial charge in [-0.05, 0) is 23.9 Å². The van der Waals surface area contributed by atoms with E-state index in [-0.39, 0.29) is 0 Å². The van der Waals surface area contributed by atoms with Crippen LogP contribution in [0.5, 0.6) is 0 Å². The molecule has 1 unspecified atom stereocenters.